The van der Waals surface area contributed by atoms with Gasteiger partial charge in [0.2, 0.25) is 0 Å². The summed E-state index contributed by atoms with van der Waals surface area (Å²) in [7, 11) is 1.44. The first-order valence-electron chi connectivity index (χ1n) is 5.93. The predicted octanol–water partition coefficient (Wildman–Crippen LogP) is 1.82. The van der Waals surface area contributed by atoms with Crippen LogP contribution in [-0.4, -0.2) is 26.2 Å². The Labute approximate surface area is 92.6 Å². The highest BCUT2D eigenvalue weighted by molar-refractivity contribution is 5.71. The quantitative estimate of drug-likeness (QED) is 0.708. The Morgan fingerprint density at radius 1 is 1.53 bits per heavy atom. The third-order valence-corrected chi connectivity index (χ3v) is 3.50. The molecule has 1 rings (SSSR count). The molecule has 0 aromatic rings. The van der Waals surface area contributed by atoms with Gasteiger partial charge in [0.25, 0.3) is 0 Å². The van der Waals surface area contributed by atoms with E-state index in [1.165, 1.54) is 26.4 Å². The molecule has 0 amide bonds. The van der Waals surface area contributed by atoms with Crippen LogP contribution in [-0.2, 0) is 9.53 Å². The maximum Gasteiger partial charge on any atom is 0.309 e. The molecule has 0 aliphatic heterocycles. The Bertz CT molecular complexity index is 206. The van der Waals surface area contributed by atoms with E-state index in [-0.39, 0.29) is 11.9 Å². The van der Waals surface area contributed by atoms with Gasteiger partial charge in [0.05, 0.1) is 13.0 Å². The molecule has 1 aliphatic carbocycles. The van der Waals surface area contributed by atoms with Crippen molar-refractivity contribution in [1.29, 1.82) is 0 Å². The normalized spacial score (nSPS) is 27.7. The maximum absolute atomic E-state index is 11.1. The van der Waals surface area contributed by atoms with E-state index in [1.807, 2.05) is 6.92 Å². The SMILES string of the molecule is COC(=O)C(C)CNCC1CCCC1C. The van der Waals surface area contributed by atoms with Gasteiger partial charge in [-0.3, -0.25) is 4.79 Å². The van der Waals surface area contributed by atoms with Crippen molar-refractivity contribution in [3.63, 3.8) is 0 Å². The predicted molar refractivity (Wildman–Crippen MR) is 60.6 cm³/mol. The fourth-order valence-corrected chi connectivity index (χ4v) is 2.30. The fourth-order valence-electron chi connectivity index (χ4n) is 2.30. The summed E-state index contributed by atoms with van der Waals surface area (Å²) in [6.07, 6.45) is 4.06. The zero-order valence-corrected chi connectivity index (χ0v) is 10.1. The standard InChI is InChI=1S/C12H23NO2/c1-9-5-4-6-11(9)8-13-7-10(2)12(14)15-3/h9-11,13H,4-8H2,1-3H3. The molecule has 0 aromatic heterocycles. The molecule has 0 heterocycles. The molecule has 0 aromatic carbocycles. The van der Waals surface area contributed by atoms with Crippen LogP contribution in [0.25, 0.3) is 0 Å². The topological polar surface area (TPSA) is 38.3 Å². The van der Waals surface area contributed by atoms with Crippen LogP contribution >= 0.6 is 0 Å². The second-order valence-electron chi connectivity index (χ2n) is 4.75. The van der Waals surface area contributed by atoms with Gasteiger partial charge < -0.3 is 10.1 Å². The molecular formula is C12H23NO2. The molecule has 1 fully saturated rings. The molecule has 88 valence electrons. The summed E-state index contributed by atoms with van der Waals surface area (Å²) in [6.45, 7) is 6.00. The Morgan fingerprint density at radius 2 is 2.27 bits per heavy atom. The average Bonchev–Trinajstić information content (AvgIpc) is 2.63. The number of hydrogen-bond donors (Lipinski definition) is 1. The fraction of sp³-hybridized carbons (Fsp3) is 0.917. The molecule has 0 spiro atoms. The third-order valence-electron chi connectivity index (χ3n) is 3.50. The first-order valence-corrected chi connectivity index (χ1v) is 5.93. The van der Waals surface area contributed by atoms with Crippen molar-refractivity contribution in [3.05, 3.63) is 0 Å². The van der Waals surface area contributed by atoms with Crippen LogP contribution in [0.3, 0.4) is 0 Å². The summed E-state index contributed by atoms with van der Waals surface area (Å²) in [4.78, 5) is 11.1. The van der Waals surface area contributed by atoms with Crippen molar-refractivity contribution in [3.8, 4) is 0 Å². The van der Waals surface area contributed by atoms with E-state index in [4.69, 9.17) is 0 Å². The summed E-state index contributed by atoms with van der Waals surface area (Å²) in [5, 5.41) is 3.37. The van der Waals surface area contributed by atoms with Gasteiger partial charge in [0.1, 0.15) is 0 Å². The zero-order chi connectivity index (χ0) is 11.3. The monoisotopic (exact) mass is 213 g/mol. The number of ether oxygens (including phenoxy) is 1. The zero-order valence-electron chi connectivity index (χ0n) is 10.1. The number of methoxy groups -OCH3 is 1. The Balaban J connectivity index is 2.13. The summed E-state index contributed by atoms with van der Waals surface area (Å²) in [6, 6.07) is 0. The van der Waals surface area contributed by atoms with Crippen LogP contribution in [0.1, 0.15) is 33.1 Å². The molecule has 3 heteroatoms. The minimum atomic E-state index is -0.123. The van der Waals surface area contributed by atoms with Gasteiger partial charge in [0.15, 0.2) is 0 Å². The summed E-state index contributed by atoms with van der Waals surface area (Å²) in [5.41, 5.74) is 0. The van der Waals surface area contributed by atoms with Crippen molar-refractivity contribution in [2.24, 2.45) is 17.8 Å². The lowest BCUT2D eigenvalue weighted by molar-refractivity contribution is -0.144. The van der Waals surface area contributed by atoms with Gasteiger partial charge in [-0.1, -0.05) is 26.7 Å². The Hall–Kier alpha value is -0.570. The van der Waals surface area contributed by atoms with Crippen LogP contribution < -0.4 is 5.32 Å². The molecule has 0 radical (unpaired) electrons. The maximum atomic E-state index is 11.1. The molecule has 0 bridgehead atoms. The number of carbonyl (C=O) groups is 1. The number of carbonyl (C=O) groups excluding carboxylic acids is 1. The van der Waals surface area contributed by atoms with Crippen LogP contribution in [0.2, 0.25) is 0 Å². The van der Waals surface area contributed by atoms with Crippen LogP contribution in [0, 0.1) is 17.8 Å². The lowest BCUT2D eigenvalue weighted by atomic mass is 9.98. The van der Waals surface area contributed by atoms with Crippen LogP contribution in [0.5, 0.6) is 0 Å². The van der Waals surface area contributed by atoms with Gasteiger partial charge >= 0.3 is 5.97 Å². The largest absolute Gasteiger partial charge is 0.469 e. The minimum absolute atomic E-state index is 0.0355. The highest BCUT2D eigenvalue weighted by atomic mass is 16.5. The van der Waals surface area contributed by atoms with Gasteiger partial charge in [-0.15, -0.1) is 0 Å². The summed E-state index contributed by atoms with van der Waals surface area (Å²) >= 11 is 0. The van der Waals surface area contributed by atoms with Crippen molar-refractivity contribution < 1.29 is 9.53 Å². The van der Waals surface area contributed by atoms with Gasteiger partial charge in [-0.25, -0.2) is 0 Å². The van der Waals surface area contributed by atoms with E-state index in [0.29, 0.717) is 0 Å². The smallest absolute Gasteiger partial charge is 0.309 e. The Kier molecular flexibility index (Phi) is 5.09. The highest BCUT2D eigenvalue weighted by Gasteiger charge is 2.23. The highest BCUT2D eigenvalue weighted by Crippen LogP contribution is 2.30. The Morgan fingerprint density at radius 3 is 2.80 bits per heavy atom. The first kappa shape index (κ1) is 12.5. The van der Waals surface area contributed by atoms with Gasteiger partial charge in [-0.05, 0) is 24.8 Å². The molecule has 3 atom stereocenters. The molecule has 1 aliphatic rings. The first-order chi connectivity index (χ1) is 7.15. The third kappa shape index (κ3) is 3.82. The number of nitrogens with one attached hydrogen (secondary N) is 1. The number of hydrogen-bond acceptors (Lipinski definition) is 3. The van der Waals surface area contributed by atoms with E-state index in [0.717, 1.165) is 24.9 Å². The summed E-state index contributed by atoms with van der Waals surface area (Å²) in [5.74, 6) is 1.48. The second-order valence-corrected chi connectivity index (χ2v) is 4.75. The molecule has 3 unspecified atom stereocenters. The van der Waals surface area contributed by atoms with Gasteiger partial charge in [-0.2, -0.15) is 0 Å². The lowest BCUT2D eigenvalue weighted by Crippen LogP contribution is -2.31. The van der Waals surface area contributed by atoms with Gasteiger partial charge in [0, 0.05) is 6.54 Å². The molecule has 0 saturated heterocycles. The van der Waals surface area contributed by atoms with Crippen molar-refractivity contribution in [1.82, 2.24) is 5.32 Å². The molecule has 3 nitrogen and oxygen atoms in total. The van der Waals surface area contributed by atoms with E-state index in [1.54, 1.807) is 0 Å². The molecule has 15 heavy (non-hydrogen) atoms. The lowest BCUT2D eigenvalue weighted by Gasteiger charge is -2.17. The van der Waals surface area contributed by atoms with Crippen molar-refractivity contribution in [2.75, 3.05) is 20.2 Å². The van der Waals surface area contributed by atoms with E-state index < -0.39 is 0 Å². The number of esters is 1. The van der Waals surface area contributed by atoms with Crippen molar-refractivity contribution >= 4 is 5.97 Å². The van der Waals surface area contributed by atoms with E-state index >= 15 is 0 Å². The summed E-state index contributed by atoms with van der Waals surface area (Å²) < 4.78 is 4.68. The second kappa shape index (κ2) is 6.11. The number of rotatable bonds is 5. The molecular weight excluding hydrogens is 190 g/mol. The molecule has 1 N–H and O–H groups in total. The minimum Gasteiger partial charge on any atom is -0.469 e. The average molecular weight is 213 g/mol. The van der Waals surface area contributed by atoms with Crippen LogP contribution in [0.4, 0.5) is 0 Å². The van der Waals surface area contributed by atoms with E-state index in [2.05, 4.69) is 17.0 Å². The molecule has 1 saturated carbocycles. The van der Waals surface area contributed by atoms with Crippen molar-refractivity contribution in [2.45, 2.75) is 33.1 Å². The van der Waals surface area contributed by atoms with E-state index in [9.17, 15) is 4.79 Å². The van der Waals surface area contributed by atoms with Crippen LogP contribution in [0.15, 0.2) is 0 Å².